The molecular weight excluding hydrogens is 268 g/mol. The highest BCUT2D eigenvalue weighted by molar-refractivity contribution is 5.97. The van der Waals surface area contributed by atoms with Crippen molar-refractivity contribution in [3.8, 4) is 0 Å². The SMILES string of the molecule is Cc1ccc(/C=N/NC(=O)CCC(=O)c2ccccc2)o1. The summed E-state index contributed by atoms with van der Waals surface area (Å²) in [6.07, 6.45) is 1.68. The average Bonchev–Trinajstić information content (AvgIpc) is 2.91. The Labute approximate surface area is 122 Å². The number of benzene rings is 1. The van der Waals surface area contributed by atoms with Gasteiger partial charge in [-0.05, 0) is 19.1 Å². The maximum Gasteiger partial charge on any atom is 0.240 e. The normalized spacial score (nSPS) is 10.7. The first-order valence-corrected chi connectivity index (χ1v) is 6.62. The van der Waals surface area contributed by atoms with E-state index in [1.807, 2.05) is 19.1 Å². The highest BCUT2D eigenvalue weighted by atomic mass is 16.3. The fourth-order valence-electron chi connectivity index (χ4n) is 1.74. The number of nitrogens with zero attached hydrogens (tertiary/aromatic N) is 1. The van der Waals surface area contributed by atoms with Crippen LogP contribution in [-0.4, -0.2) is 17.9 Å². The quantitative estimate of drug-likeness (QED) is 0.503. The van der Waals surface area contributed by atoms with Crippen LogP contribution >= 0.6 is 0 Å². The summed E-state index contributed by atoms with van der Waals surface area (Å²) in [7, 11) is 0. The van der Waals surface area contributed by atoms with Gasteiger partial charge in [-0.15, -0.1) is 0 Å². The molecule has 5 heteroatoms. The van der Waals surface area contributed by atoms with Gasteiger partial charge in [-0.1, -0.05) is 30.3 Å². The van der Waals surface area contributed by atoms with E-state index in [9.17, 15) is 9.59 Å². The van der Waals surface area contributed by atoms with Crippen molar-refractivity contribution < 1.29 is 14.0 Å². The average molecular weight is 284 g/mol. The van der Waals surface area contributed by atoms with E-state index in [1.54, 1.807) is 30.3 Å². The van der Waals surface area contributed by atoms with Crippen LogP contribution in [0.25, 0.3) is 0 Å². The highest BCUT2D eigenvalue weighted by Crippen LogP contribution is 2.05. The van der Waals surface area contributed by atoms with Crippen LogP contribution < -0.4 is 5.43 Å². The van der Waals surface area contributed by atoms with Crippen molar-refractivity contribution in [1.82, 2.24) is 5.43 Å². The Morgan fingerprint density at radius 3 is 2.57 bits per heavy atom. The van der Waals surface area contributed by atoms with Crippen LogP contribution in [0.1, 0.15) is 34.7 Å². The molecule has 0 aliphatic rings. The first-order valence-electron chi connectivity index (χ1n) is 6.62. The summed E-state index contributed by atoms with van der Waals surface area (Å²) in [5.74, 6) is 0.972. The number of nitrogens with one attached hydrogen (secondary N) is 1. The Hall–Kier alpha value is -2.69. The van der Waals surface area contributed by atoms with E-state index in [1.165, 1.54) is 6.21 Å². The molecule has 1 aromatic heterocycles. The third-order valence-corrected chi connectivity index (χ3v) is 2.82. The second-order valence-electron chi connectivity index (χ2n) is 4.53. The number of aryl methyl sites for hydroxylation is 1. The minimum Gasteiger partial charge on any atom is -0.460 e. The van der Waals surface area contributed by atoms with E-state index in [-0.39, 0.29) is 24.5 Å². The molecule has 0 aliphatic heterocycles. The van der Waals surface area contributed by atoms with Crippen LogP contribution in [0.4, 0.5) is 0 Å². The number of hydrogen-bond donors (Lipinski definition) is 1. The lowest BCUT2D eigenvalue weighted by atomic mass is 10.1. The third-order valence-electron chi connectivity index (χ3n) is 2.82. The maximum absolute atomic E-state index is 11.8. The summed E-state index contributed by atoms with van der Waals surface area (Å²) < 4.78 is 5.27. The Bertz CT molecular complexity index is 645. The van der Waals surface area contributed by atoms with E-state index in [0.717, 1.165) is 5.76 Å². The van der Waals surface area contributed by atoms with Gasteiger partial charge in [-0.25, -0.2) is 5.43 Å². The molecule has 2 rings (SSSR count). The van der Waals surface area contributed by atoms with Crippen molar-refractivity contribution >= 4 is 17.9 Å². The van der Waals surface area contributed by atoms with Crippen molar-refractivity contribution in [2.24, 2.45) is 5.10 Å². The Morgan fingerprint density at radius 2 is 1.90 bits per heavy atom. The van der Waals surface area contributed by atoms with Crippen LogP contribution in [0.5, 0.6) is 0 Å². The Morgan fingerprint density at radius 1 is 1.14 bits per heavy atom. The minimum absolute atomic E-state index is 0.0589. The molecule has 0 fully saturated rings. The van der Waals surface area contributed by atoms with E-state index in [2.05, 4.69) is 10.5 Å². The number of Topliss-reactive ketones (excluding diaryl/α,β-unsaturated/α-hetero) is 1. The van der Waals surface area contributed by atoms with E-state index < -0.39 is 0 Å². The molecule has 2 aromatic rings. The van der Waals surface area contributed by atoms with E-state index >= 15 is 0 Å². The summed E-state index contributed by atoms with van der Waals surface area (Å²) in [4.78, 5) is 23.4. The largest absolute Gasteiger partial charge is 0.460 e. The van der Waals surface area contributed by atoms with Crippen LogP contribution in [0, 0.1) is 6.92 Å². The van der Waals surface area contributed by atoms with Crippen LogP contribution in [0.2, 0.25) is 0 Å². The molecule has 0 aliphatic carbocycles. The van der Waals surface area contributed by atoms with Crippen LogP contribution in [-0.2, 0) is 4.79 Å². The summed E-state index contributed by atoms with van der Waals surface area (Å²) in [6.45, 7) is 1.82. The molecule has 1 N–H and O–H groups in total. The van der Waals surface area contributed by atoms with E-state index in [4.69, 9.17) is 4.42 Å². The molecule has 1 amide bonds. The number of carbonyl (C=O) groups excluding carboxylic acids is 2. The molecule has 21 heavy (non-hydrogen) atoms. The first-order chi connectivity index (χ1) is 10.1. The molecule has 108 valence electrons. The van der Waals surface area contributed by atoms with Gasteiger partial charge in [-0.3, -0.25) is 9.59 Å². The molecule has 0 bridgehead atoms. The summed E-state index contributed by atoms with van der Waals surface area (Å²) in [5, 5.41) is 3.78. The maximum atomic E-state index is 11.8. The molecule has 0 saturated heterocycles. The smallest absolute Gasteiger partial charge is 0.240 e. The number of rotatable bonds is 6. The van der Waals surface area contributed by atoms with Gasteiger partial charge < -0.3 is 4.42 Å². The lowest BCUT2D eigenvalue weighted by Gasteiger charge is -2.00. The number of hydrogen-bond acceptors (Lipinski definition) is 4. The lowest BCUT2D eigenvalue weighted by molar-refractivity contribution is -0.121. The minimum atomic E-state index is -0.307. The second kappa shape index (κ2) is 7.19. The van der Waals surface area contributed by atoms with Crippen molar-refractivity contribution in [1.29, 1.82) is 0 Å². The molecule has 0 radical (unpaired) electrons. The van der Waals surface area contributed by atoms with Gasteiger partial charge in [0, 0.05) is 18.4 Å². The highest BCUT2D eigenvalue weighted by Gasteiger charge is 2.08. The molecular formula is C16H16N2O3. The molecule has 1 aromatic carbocycles. The summed E-state index contributed by atoms with van der Waals surface area (Å²) in [5.41, 5.74) is 2.98. The van der Waals surface area contributed by atoms with Crippen molar-refractivity contribution in [3.05, 3.63) is 59.5 Å². The van der Waals surface area contributed by atoms with Gasteiger partial charge in [0.15, 0.2) is 5.78 Å². The van der Waals surface area contributed by atoms with Crippen molar-refractivity contribution in [2.75, 3.05) is 0 Å². The Balaban J connectivity index is 1.75. The van der Waals surface area contributed by atoms with Gasteiger partial charge in [-0.2, -0.15) is 5.10 Å². The lowest BCUT2D eigenvalue weighted by Crippen LogP contribution is -2.18. The van der Waals surface area contributed by atoms with Gasteiger partial charge in [0.05, 0.1) is 6.21 Å². The zero-order chi connectivity index (χ0) is 15.1. The standard InChI is InChI=1S/C16H16N2O3/c1-12-7-8-14(21-12)11-17-18-16(20)10-9-15(19)13-5-3-2-4-6-13/h2-8,11H,9-10H2,1H3,(H,18,20)/b17-11+. The second-order valence-corrected chi connectivity index (χ2v) is 4.53. The Kier molecular flexibility index (Phi) is 5.04. The third kappa shape index (κ3) is 4.72. The summed E-state index contributed by atoms with van der Waals surface area (Å²) in [6, 6.07) is 12.5. The number of carbonyl (C=O) groups is 2. The molecule has 1 heterocycles. The monoisotopic (exact) mass is 284 g/mol. The fourth-order valence-corrected chi connectivity index (χ4v) is 1.74. The number of ketones is 1. The van der Waals surface area contributed by atoms with Crippen LogP contribution in [0.3, 0.4) is 0 Å². The van der Waals surface area contributed by atoms with Crippen molar-refractivity contribution in [3.63, 3.8) is 0 Å². The summed E-state index contributed by atoms with van der Waals surface area (Å²) >= 11 is 0. The topological polar surface area (TPSA) is 71.7 Å². The zero-order valence-corrected chi connectivity index (χ0v) is 11.7. The van der Waals surface area contributed by atoms with Gasteiger partial charge >= 0.3 is 0 Å². The molecule has 0 saturated carbocycles. The first kappa shape index (κ1) is 14.7. The molecule has 5 nitrogen and oxygen atoms in total. The fraction of sp³-hybridized carbons (Fsp3) is 0.188. The molecule has 0 atom stereocenters. The number of hydrazone groups is 1. The van der Waals surface area contributed by atoms with E-state index in [0.29, 0.717) is 11.3 Å². The number of amides is 1. The predicted molar refractivity (Wildman–Crippen MR) is 79.2 cm³/mol. The zero-order valence-electron chi connectivity index (χ0n) is 11.7. The number of furan rings is 1. The molecule has 0 spiro atoms. The predicted octanol–water partition coefficient (Wildman–Crippen LogP) is 2.70. The van der Waals surface area contributed by atoms with Crippen LogP contribution in [0.15, 0.2) is 52.0 Å². The van der Waals surface area contributed by atoms with Crippen molar-refractivity contribution in [2.45, 2.75) is 19.8 Å². The van der Waals surface area contributed by atoms with Gasteiger partial charge in [0.2, 0.25) is 5.91 Å². The molecule has 0 unspecified atom stereocenters. The van der Waals surface area contributed by atoms with Gasteiger partial charge in [0.1, 0.15) is 11.5 Å². The van der Waals surface area contributed by atoms with Gasteiger partial charge in [0.25, 0.3) is 0 Å².